The van der Waals surface area contributed by atoms with Crippen molar-refractivity contribution in [3.8, 4) is 0 Å². The molecule has 1 aliphatic heterocycles. The van der Waals surface area contributed by atoms with Crippen molar-refractivity contribution < 1.29 is 22.4 Å². The van der Waals surface area contributed by atoms with Crippen LogP contribution in [0.4, 0.5) is 17.6 Å². The maximum Gasteiger partial charge on any atom is 0.416 e. The number of carbonyl (C=O) groups is 1. The molecule has 1 aromatic carbocycles. The third-order valence-electron chi connectivity index (χ3n) is 4.52. The zero-order valence-corrected chi connectivity index (χ0v) is 11.8. The van der Waals surface area contributed by atoms with Gasteiger partial charge in [-0.3, -0.25) is 4.79 Å². The van der Waals surface area contributed by atoms with Gasteiger partial charge in [0.2, 0.25) is 0 Å². The highest BCUT2D eigenvalue weighted by Crippen LogP contribution is 2.37. The van der Waals surface area contributed by atoms with E-state index in [9.17, 15) is 22.4 Å². The van der Waals surface area contributed by atoms with Gasteiger partial charge in [-0.25, -0.2) is 4.39 Å². The molecule has 0 atom stereocenters. The fourth-order valence-corrected chi connectivity index (χ4v) is 2.99. The number of hydrogen-bond donors (Lipinski definition) is 2. The van der Waals surface area contributed by atoms with Gasteiger partial charge in [0, 0.05) is 24.2 Å². The van der Waals surface area contributed by atoms with Gasteiger partial charge >= 0.3 is 6.18 Å². The summed E-state index contributed by atoms with van der Waals surface area (Å²) in [5.74, 6) is -0.494. The van der Waals surface area contributed by atoms with Gasteiger partial charge in [0.25, 0.3) is 5.91 Å². The number of fused-ring (bicyclic) bond motifs is 1. The minimum Gasteiger partial charge on any atom is -0.348 e. The first-order chi connectivity index (χ1) is 10.3. The van der Waals surface area contributed by atoms with Crippen LogP contribution in [-0.2, 0) is 19.3 Å². The van der Waals surface area contributed by atoms with Crippen LogP contribution in [0.15, 0.2) is 12.1 Å². The summed E-state index contributed by atoms with van der Waals surface area (Å²) in [7, 11) is 0. The highest BCUT2D eigenvalue weighted by atomic mass is 19.4. The average Bonchev–Trinajstić information content (AvgIpc) is 2.78. The Morgan fingerprint density at radius 1 is 1.27 bits per heavy atom. The third kappa shape index (κ3) is 2.58. The van der Waals surface area contributed by atoms with E-state index in [0.29, 0.717) is 18.4 Å². The van der Waals surface area contributed by atoms with Crippen LogP contribution in [0.1, 0.15) is 46.3 Å². The van der Waals surface area contributed by atoms with E-state index >= 15 is 0 Å². The highest BCUT2D eigenvalue weighted by molar-refractivity contribution is 5.99. The fraction of sp³-hybridized carbons (Fsp3) is 0.533. The second-order valence-corrected chi connectivity index (χ2v) is 5.97. The van der Waals surface area contributed by atoms with Crippen LogP contribution in [0.25, 0.3) is 0 Å². The summed E-state index contributed by atoms with van der Waals surface area (Å²) in [6, 6.07) is 2.52. The first-order valence-corrected chi connectivity index (χ1v) is 7.17. The van der Waals surface area contributed by atoms with Crippen molar-refractivity contribution in [3.63, 3.8) is 0 Å². The largest absolute Gasteiger partial charge is 0.416 e. The summed E-state index contributed by atoms with van der Waals surface area (Å²) >= 11 is 0. The quantitative estimate of drug-likeness (QED) is 0.839. The Balaban J connectivity index is 1.89. The number of halogens is 4. The summed E-state index contributed by atoms with van der Waals surface area (Å²) in [6.45, 7) is -0.525. The number of hydrogen-bond acceptors (Lipinski definition) is 2. The van der Waals surface area contributed by atoms with E-state index in [2.05, 4.69) is 10.6 Å². The Bertz CT molecular complexity index is 603. The molecule has 0 bridgehead atoms. The van der Waals surface area contributed by atoms with Crippen LogP contribution in [0.3, 0.4) is 0 Å². The van der Waals surface area contributed by atoms with Gasteiger partial charge in [-0.15, -0.1) is 0 Å². The maximum atomic E-state index is 13.1. The van der Waals surface area contributed by atoms with Crippen molar-refractivity contribution in [2.45, 2.75) is 44.1 Å². The minimum absolute atomic E-state index is 0.00917. The van der Waals surface area contributed by atoms with Crippen LogP contribution >= 0.6 is 0 Å². The Hall–Kier alpha value is -1.63. The average molecular weight is 316 g/mol. The number of rotatable bonds is 4. The first kappa shape index (κ1) is 15.3. The van der Waals surface area contributed by atoms with Crippen molar-refractivity contribution in [1.82, 2.24) is 10.6 Å². The van der Waals surface area contributed by atoms with Gasteiger partial charge in [0.05, 0.1) is 5.56 Å². The van der Waals surface area contributed by atoms with Gasteiger partial charge in [-0.05, 0) is 42.5 Å². The van der Waals surface area contributed by atoms with Gasteiger partial charge < -0.3 is 10.6 Å². The van der Waals surface area contributed by atoms with Crippen molar-refractivity contribution >= 4 is 5.91 Å². The molecule has 0 saturated heterocycles. The van der Waals surface area contributed by atoms with Crippen molar-refractivity contribution in [3.05, 3.63) is 34.4 Å². The third-order valence-corrected chi connectivity index (χ3v) is 4.52. The molecule has 2 N–H and O–H groups in total. The predicted molar refractivity (Wildman–Crippen MR) is 72.0 cm³/mol. The molecular formula is C15H16F4N2O. The number of alkyl halides is 4. The highest BCUT2D eigenvalue weighted by Gasteiger charge is 2.39. The number of carbonyl (C=O) groups excluding carboxylic acids is 1. The summed E-state index contributed by atoms with van der Waals surface area (Å²) in [5, 5.41) is 5.42. The van der Waals surface area contributed by atoms with E-state index in [0.717, 1.165) is 12.5 Å². The molecule has 1 amide bonds. The van der Waals surface area contributed by atoms with E-state index in [1.165, 1.54) is 6.07 Å². The molecular weight excluding hydrogens is 300 g/mol. The fourth-order valence-electron chi connectivity index (χ4n) is 2.99. The molecule has 0 spiro atoms. The molecule has 0 aromatic heterocycles. The SMILES string of the molecule is O=C1NCc2c1cc(CNC1(CF)CCC1)cc2C(F)(F)F. The maximum absolute atomic E-state index is 13.1. The van der Waals surface area contributed by atoms with Gasteiger partial charge in [0.1, 0.15) is 6.67 Å². The Labute approximate surface area is 125 Å². The molecule has 1 heterocycles. The smallest absolute Gasteiger partial charge is 0.348 e. The van der Waals surface area contributed by atoms with Crippen LogP contribution in [-0.4, -0.2) is 18.1 Å². The van der Waals surface area contributed by atoms with Crippen LogP contribution < -0.4 is 10.6 Å². The second kappa shape index (κ2) is 5.22. The zero-order chi connectivity index (χ0) is 16.0. The molecule has 2 aliphatic rings. The standard InChI is InChI=1S/C15H16F4N2O/c16-8-14(2-1-3-14)21-6-9-4-10-11(7-20-13(10)22)12(5-9)15(17,18)19/h4-5,21H,1-3,6-8H2,(H,20,22). The molecule has 1 saturated carbocycles. The first-order valence-electron chi connectivity index (χ1n) is 7.17. The molecule has 3 rings (SSSR count). The normalized spacial score (nSPS) is 19.5. The van der Waals surface area contributed by atoms with Crippen LogP contribution in [0.5, 0.6) is 0 Å². The zero-order valence-electron chi connectivity index (χ0n) is 11.8. The molecule has 1 aromatic rings. The van der Waals surface area contributed by atoms with Crippen molar-refractivity contribution in [2.75, 3.05) is 6.67 Å². The summed E-state index contributed by atoms with van der Waals surface area (Å²) in [4.78, 5) is 11.7. The molecule has 1 aliphatic carbocycles. The Morgan fingerprint density at radius 2 is 2.00 bits per heavy atom. The van der Waals surface area contributed by atoms with Crippen LogP contribution in [0, 0.1) is 0 Å². The molecule has 1 fully saturated rings. The lowest BCUT2D eigenvalue weighted by molar-refractivity contribution is -0.138. The summed E-state index contributed by atoms with van der Waals surface area (Å²) in [5.41, 5.74) is -0.995. The minimum atomic E-state index is -4.51. The molecule has 22 heavy (non-hydrogen) atoms. The van der Waals surface area contributed by atoms with E-state index in [4.69, 9.17) is 0 Å². The number of benzene rings is 1. The predicted octanol–water partition coefficient (Wildman–Crippen LogP) is 2.93. The number of amides is 1. The van der Waals surface area contributed by atoms with E-state index in [1.807, 2.05) is 0 Å². The van der Waals surface area contributed by atoms with Crippen molar-refractivity contribution in [1.29, 1.82) is 0 Å². The molecule has 0 radical (unpaired) electrons. The van der Waals surface area contributed by atoms with E-state index in [1.54, 1.807) is 0 Å². The van der Waals surface area contributed by atoms with E-state index in [-0.39, 0.29) is 24.2 Å². The molecule has 3 nitrogen and oxygen atoms in total. The van der Waals surface area contributed by atoms with Gasteiger partial charge in [-0.2, -0.15) is 13.2 Å². The molecule has 0 unspecified atom stereocenters. The lowest BCUT2D eigenvalue weighted by atomic mass is 9.77. The van der Waals surface area contributed by atoms with Crippen LogP contribution in [0.2, 0.25) is 0 Å². The second-order valence-electron chi connectivity index (χ2n) is 5.97. The number of nitrogens with one attached hydrogen (secondary N) is 2. The van der Waals surface area contributed by atoms with Gasteiger partial charge in [-0.1, -0.05) is 0 Å². The van der Waals surface area contributed by atoms with Crippen molar-refractivity contribution in [2.24, 2.45) is 0 Å². The summed E-state index contributed by atoms with van der Waals surface area (Å²) < 4.78 is 52.5. The Kier molecular flexibility index (Phi) is 3.63. The molecule has 120 valence electrons. The monoisotopic (exact) mass is 316 g/mol. The molecule has 7 heteroatoms. The Morgan fingerprint density at radius 3 is 2.55 bits per heavy atom. The summed E-state index contributed by atoms with van der Waals surface area (Å²) in [6.07, 6.45) is -2.24. The van der Waals surface area contributed by atoms with Gasteiger partial charge in [0.15, 0.2) is 0 Å². The lowest BCUT2D eigenvalue weighted by Crippen LogP contribution is -2.52. The van der Waals surface area contributed by atoms with E-state index < -0.39 is 29.9 Å². The topological polar surface area (TPSA) is 41.1 Å². The lowest BCUT2D eigenvalue weighted by Gasteiger charge is -2.40.